The number of nitrogens with one attached hydrogen (secondary N) is 1. The van der Waals surface area contributed by atoms with E-state index < -0.39 is 0 Å². The van der Waals surface area contributed by atoms with Crippen LogP contribution in [-0.2, 0) is 6.42 Å². The lowest BCUT2D eigenvalue weighted by atomic mass is 9.90. The summed E-state index contributed by atoms with van der Waals surface area (Å²) in [6, 6.07) is 5.74. The molecule has 1 heterocycles. The third kappa shape index (κ3) is 2.41. The van der Waals surface area contributed by atoms with Crippen molar-refractivity contribution in [3.8, 4) is 0 Å². The van der Waals surface area contributed by atoms with Crippen LogP contribution in [-0.4, -0.2) is 12.6 Å². The summed E-state index contributed by atoms with van der Waals surface area (Å²) in [5.74, 6) is 1.46. The van der Waals surface area contributed by atoms with Gasteiger partial charge in [0.05, 0.1) is 5.02 Å². The van der Waals surface area contributed by atoms with Gasteiger partial charge < -0.3 is 5.32 Å². The summed E-state index contributed by atoms with van der Waals surface area (Å²) >= 11 is 5.81. The molecule has 3 heteroatoms. The fourth-order valence-corrected chi connectivity index (χ4v) is 3.84. The van der Waals surface area contributed by atoms with E-state index in [1.807, 2.05) is 6.07 Å². The van der Waals surface area contributed by atoms with Crippen molar-refractivity contribution in [2.24, 2.45) is 11.8 Å². The standard InChI is InChI=1S/C15H19ClFN/c16-13-8-10(4-6-14(13)17)5-7-15-12-3-1-2-11(12)9-18-15/h4,6,8,11-12,15,18H,1-3,5,7,9H2. The Morgan fingerprint density at radius 1 is 1.33 bits per heavy atom. The molecule has 1 aromatic rings. The fraction of sp³-hybridized carbons (Fsp3) is 0.600. The first-order chi connectivity index (χ1) is 8.74. The highest BCUT2D eigenvalue weighted by atomic mass is 35.5. The smallest absolute Gasteiger partial charge is 0.141 e. The monoisotopic (exact) mass is 267 g/mol. The average Bonchev–Trinajstić information content (AvgIpc) is 2.94. The number of rotatable bonds is 3. The van der Waals surface area contributed by atoms with Crippen LogP contribution in [0.4, 0.5) is 4.39 Å². The van der Waals surface area contributed by atoms with Gasteiger partial charge in [0.25, 0.3) is 0 Å². The van der Waals surface area contributed by atoms with Gasteiger partial charge in [0.2, 0.25) is 0 Å². The maximum atomic E-state index is 13.1. The summed E-state index contributed by atoms with van der Waals surface area (Å²) in [5.41, 5.74) is 1.14. The molecule has 98 valence electrons. The van der Waals surface area contributed by atoms with Crippen LogP contribution in [0.15, 0.2) is 18.2 Å². The van der Waals surface area contributed by atoms with Crippen LogP contribution >= 0.6 is 11.6 Å². The molecule has 3 atom stereocenters. The van der Waals surface area contributed by atoms with Crippen LogP contribution in [0, 0.1) is 17.7 Å². The van der Waals surface area contributed by atoms with Crippen LogP contribution < -0.4 is 5.32 Å². The molecule has 0 bridgehead atoms. The second-order valence-corrected chi connectivity index (χ2v) is 6.06. The lowest BCUT2D eigenvalue weighted by Crippen LogP contribution is -2.27. The quantitative estimate of drug-likeness (QED) is 0.878. The molecule has 18 heavy (non-hydrogen) atoms. The van der Waals surface area contributed by atoms with Crippen molar-refractivity contribution in [1.82, 2.24) is 5.32 Å². The van der Waals surface area contributed by atoms with Crippen molar-refractivity contribution in [1.29, 1.82) is 0 Å². The SMILES string of the molecule is Fc1ccc(CCC2NCC3CCCC32)cc1Cl. The molecule has 0 radical (unpaired) electrons. The number of halogens is 2. The Morgan fingerprint density at radius 2 is 2.22 bits per heavy atom. The largest absolute Gasteiger partial charge is 0.313 e. The molecular formula is C15H19ClFN. The van der Waals surface area contributed by atoms with Crippen LogP contribution in [0.3, 0.4) is 0 Å². The van der Waals surface area contributed by atoms with Crippen molar-refractivity contribution in [3.05, 3.63) is 34.6 Å². The summed E-state index contributed by atoms with van der Waals surface area (Å²) in [4.78, 5) is 0. The van der Waals surface area contributed by atoms with E-state index in [9.17, 15) is 4.39 Å². The maximum absolute atomic E-state index is 13.1. The molecule has 0 amide bonds. The molecule has 1 nitrogen and oxygen atoms in total. The normalized spacial score (nSPS) is 30.7. The minimum atomic E-state index is -0.324. The van der Waals surface area contributed by atoms with E-state index >= 15 is 0 Å². The highest BCUT2D eigenvalue weighted by Gasteiger charge is 2.38. The van der Waals surface area contributed by atoms with Gasteiger partial charge in [-0.2, -0.15) is 0 Å². The first-order valence-corrected chi connectivity index (χ1v) is 7.29. The number of aryl methyl sites for hydroxylation is 1. The maximum Gasteiger partial charge on any atom is 0.141 e. The molecule has 1 aliphatic carbocycles. The third-order valence-corrected chi connectivity index (χ3v) is 4.89. The van der Waals surface area contributed by atoms with Crippen LogP contribution in [0.25, 0.3) is 0 Å². The average molecular weight is 268 g/mol. The van der Waals surface area contributed by atoms with Gasteiger partial charge in [-0.15, -0.1) is 0 Å². The van der Waals surface area contributed by atoms with E-state index in [2.05, 4.69) is 5.32 Å². The van der Waals surface area contributed by atoms with E-state index in [0.717, 1.165) is 30.2 Å². The molecule has 1 aliphatic heterocycles. The second-order valence-electron chi connectivity index (χ2n) is 5.66. The summed E-state index contributed by atoms with van der Waals surface area (Å²) in [7, 11) is 0. The molecule has 0 spiro atoms. The molecule has 1 aromatic carbocycles. The van der Waals surface area contributed by atoms with Crippen LogP contribution in [0.1, 0.15) is 31.2 Å². The molecule has 1 N–H and O–H groups in total. The number of hydrogen-bond donors (Lipinski definition) is 1. The van der Waals surface area contributed by atoms with E-state index in [-0.39, 0.29) is 10.8 Å². The predicted octanol–water partition coefficient (Wildman–Crippen LogP) is 3.80. The van der Waals surface area contributed by atoms with Gasteiger partial charge in [-0.1, -0.05) is 24.1 Å². The van der Waals surface area contributed by atoms with Gasteiger partial charge in [0.15, 0.2) is 0 Å². The number of benzene rings is 1. The third-order valence-electron chi connectivity index (χ3n) is 4.60. The zero-order valence-corrected chi connectivity index (χ0v) is 11.2. The van der Waals surface area contributed by atoms with Crippen LogP contribution in [0.5, 0.6) is 0 Å². The molecule has 3 rings (SSSR count). The lowest BCUT2D eigenvalue weighted by Gasteiger charge is -2.18. The zero-order chi connectivity index (χ0) is 12.5. The number of hydrogen-bond acceptors (Lipinski definition) is 1. The van der Waals surface area contributed by atoms with E-state index in [1.54, 1.807) is 6.07 Å². The lowest BCUT2D eigenvalue weighted by molar-refractivity contribution is 0.393. The van der Waals surface area contributed by atoms with Gasteiger partial charge in [0.1, 0.15) is 5.82 Å². The summed E-state index contributed by atoms with van der Waals surface area (Å²) in [6.45, 7) is 1.19. The first-order valence-electron chi connectivity index (χ1n) is 6.91. The molecule has 1 saturated heterocycles. The van der Waals surface area contributed by atoms with E-state index in [0.29, 0.717) is 6.04 Å². The van der Waals surface area contributed by atoms with Crippen molar-refractivity contribution >= 4 is 11.6 Å². The Kier molecular flexibility index (Phi) is 3.58. The van der Waals surface area contributed by atoms with Crippen molar-refractivity contribution in [2.45, 2.75) is 38.1 Å². The topological polar surface area (TPSA) is 12.0 Å². The van der Waals surface area contributed by atoms with Crippen molar-refractivity contribution in [3.63, 3.8) is 0 Å². The molecule has 2 fully saturated rings. The van der Waals surface area contributed by atoms with Gasteiger partial charge in [-0.05, 0) is 61.8 Å². The minimum Gasteiger partial charge on any atom is -0.313 e. The number of fused-ring (bicyclic) bond motifs is 1. The first kappa shape index (κ1) is 12.4. The van der Waals surface area contributed by atoms with Gasteiger partial charge in [0, 0.05) is 6.04 Å². The van der Waals surface area contributed by atoms with E-state index in [1.165, 1.54) is 31.9 Å². The molecular weight excluding hydrogens is 249 g/mol. The Balaban J connectivity index is 1.59. The Labute approximate surface area is 113 Å². The highest BCUT2D eigenvalue weighted by Crippen LogP contribution is 2.39. The van der Waals surface area contributed by atoms with E-state index in [4.69, 9.17) is 11.6 Å². The van der Waals surface area contributed by atoms with Gasteiger partial charge in [-0.3, -0.25) is 0 Å². The Bertz CT molecular complexity index is 435. The summed E-state index contributed by atoms with van der Waals surface area (Å²) in [5, 5.41) is 3.89. The van der Waals surface area contributed by atoms with Crippen molar-refractivity contribution in [2.75, 3.05) is 6.54 Å². The second kappa shape index (κ2) is 5.18. The van der Waals surface area contributed by atoms with Crippen molar-refractivity contribution < 1.29 is 4.39 Å². The fourth-order valence-electron chi connectivity index (χ4n) is 3.64. The molecule has 1 saturated carbocycles. The van der Waals surface area contributed by atoms with Crippen LogP contribution in [0.2, 0.25) is 5.02 Å². The summed E-state index contributed by atoms with van der Waals surface area (Å²) < 4.78 is 13.1. The molecule has 3 unspecified atom stereocenters. The molecule has 0 aromatic heterocycles. The zero-order valence-electron chi connectivity index (χ0n) is 10.5. The molecule has 2 aliphatic rings. The highest BCUT2D eigenvalue weighted by molar-refractivity contribution is 6.30. The van der Waals surface area contributed by atoms with Gasteiger partial charge >= 0.3 is 0 Å². The summed E-state index contributed by atoms with van der Waals surface area (Å²) in [6.07, 6.45) is 6.31. The Hall–Kier alpha value is -0.600. The minimum absolute atomic E-state index is 0.241. The predicted molar refractivity (Wildman–Crippen MR) is 72.4 cm³/mol. The Morgan fingerprint density at radius 3 is 3.06 bits per heavy atom. The van der Waals surface area contributed by atoms with Gasteiger partial charge in [-0.25, -0.2) is 4.39 Å².